The number of nitrogen functional groups attached to an aromatic ring is 1. The molecule has 0 saturated carbocycles. The smallest absolute Gasteiger partial charge is 0.256 e. The van der Waals surface area contributed by atoms with Crippen molar-refractivity contribution in [2.24, 2.45) is 7.05 Å². The van der Waals surface area contributed by atoms with Crippen LogP contribution in [0.25, 0.3) is 0 Å². The van der Waals surface area contributed by atoms with Crippen molar-refractivity contribution in [1.29, 1.82) is 0 Å². The molecule has 1 aromatic heterocycles. The number of methoxy groups -OCH3 is 1. The predicted molar refractivity (Wildman–Crippen MR) is 38.9 cm³/mol. The summed E-state index contributed by atoms with van der Waals surface area (Å²) >= 11 is 0. The summed E-state index contributed by atoms with van der Waals surface area (Å²) in [5, 5.41) is 0. The standard InChI is InChI=1S/C6H11N3O/c1-4-8-6(10-3)5(7)9(4)2/h7H2,1-3H3. The fraction of sp³-hybridized carbons (Fsp3) is 0.500. The van der Waals surface area contributed by atoms with E-state index in [0.29, 0.717) is 11.7 Å². The van der Waals surface area contributed by atoms with E-state index in [4.69, 9.17) is 10.5 Å². The molecule has 0 aliphatic heterocycles. The molecular formula is C6H11N3O. The minimum absolute atomic E-state index is 0.500. The number of aryl methyl sites for hydroxylation is 1. The van der Waals surface area contributed by atoms with Gasteiger partial charge in [-0.05, 0) is 6.92 Å². The molecule has 2 N–H and O–H groups in total. The van der Waals surface area contributed by atoms with Gasteiger partial charge >= 0.3 is 0 Å². The summed E-state index contributed by atoms with van der Waals surface area (Å²) in [6.07, 6.45) is 0. The van der Waals surface area contributed by atoms with Gasteiger partial charge in [-0.1, -0.05) is 0 Å². The molecule has 0 radical (unpaired) electrons. The van der Waals surface area contributed by atoms with Crippen LogP contribution >= 0.6 is 0 Å². The number of anilines is 1. The van der Waals surface area contributed by atoms with Crippen LogP contribution in [-0.2, 0) is 7.05 Å². The highest BCUT2D eigenvalue weighted by atomic mass is 16.5. The second-order valence-corrected chi connectivity index (χ2v) is 2.11. The Morgan fingerprint density at radius 3 is 2.40 bits per heavy atom. The van der Waals surface area contributed by atoms with Gasteiger partial charge in [-0.15, -0.1) is 0 Å². The molecule has 1 aromatic rings. The Labute approximate surface area is 59.6 Å². The summed E-state index contributed by atoms with van der Waals surface area (Å²) in [6.45, 7) is 1.87. The number of nitrogens with zero attached hydrogens (tertiary/aromatic N) is 2. The van der Waals surface area contributed by atoms with Crippen molar-refractivity contribution in [1.82, 2.24) is 9.55 Å². The van der Waals surface area contributed by atoms with Crippen LogP contribution in [0.2, 0.25) is 0 Å². The van der Waals surface area contributed by atoms with Crippen LogP contribution in [0.4, 0.5) is 5.82 Å². The van der Waals surface area contributed by atoms with Crippen LogP contribution in [0.15, 0.2) is 0 Å². The molecule has 4 nitrogen and oxygen atoms in total. The third kappa shape index (κ3) is 0.814. The molecule has 1 heterocycles. The Morgan fingerprint density at radius 2 is 2.20 bits per heavy atom. The number of hydrogen-bond acceptors (Lipinski definition) is 3. The first-order valence-electron chi connectivity index (χ1n) is 2.99. The average molecular weight is 141 g/mol. The van der Waals surface area contributed by atoms with Crippen LogP contribution in [0.3, 0.4) is 0 Å². The van der Waals surface area contributed by atoms with E-state index in [-0.39, 0.29) is 0 Å². The highest BCUT2D eigenvalue weighted by molar-refractivity contribution is 5.43. The van der Waals surface area contributed by atoms with E-state index in [1.807, 2.05) is 14.0 Å². The Bertz CT molecular complexity index is 241. The SMILES string of the molecule is COc1nc(C)n(C)c1N. The Hall–Kier alpha value is -1.19. The zero-order chi connectivity index (χ0) is 7.72. The molecule has 0 amide bonds. The molecule has 0 aromatic carbocycles. The minimum atomic E-state index is 0.500. The Kier molecular flexibility index (Phi) is 1.53. The van der Waals surface area contributed by atoms with Gasteiger partial charge in [0.15, 0.2) is 5.82 Å². The molecule has 10 heavy (non-hydrogen) atoms. The van der Waals surface area contributed by atoms with Crippen LogP contribution < -0.4 is 10.5 Å². The normalized spacial score (nSPS) is 9.90. The lowest BCUT2D eigenvalue weighted by atomic mass is 10.7. The minimum Gasteiger partial charge on any atom is -0.478 e. The van der Waals surface area contributed by atoms with Gasteiger partial charge in [0.25, 0.3) is 5.88 Å². The van der Waals surface area contributed by atoms with Crippen LogP contribution in [0, 0.1) is 6.92 Å². The predicted octanol–water partition coefficient (Wildman–Crippen LogP) is 0.319. The maximum Gasteiger partial charge on any atom is 0.256 e. The second-order valence-electron chi connectivity index (χ2n) is 2.11. The van der Waals surface area contributed by atoms with Crippen molar-refractivity contribution >= 4 is 5.82 Å². The summed E-state index contributed by atoms with van der Waals surface area (Å²) in [7, 11) is 3.40. The maximum atomic E-state index is 5.59. The third-order valence-corrected chi connectivity index (χ3v) is 1.52. The van der Waals surface area contributed by atoms with Gasteiger partial charge in [0.05, 0.1) is 7.11 Å². The maximum absolute atomic E-state index is 5.59. The Balaban J connectivity index is 3.17. The van der Waals surface area contributed by atoms with Crippen molar-refractivity contribution in [3.05, 3.63) is 5.82 Å². The van der Waals surface area contributed by atoms with Crippen LogP contribution in [0.1, 0.15) is 5.82 Å². The van der Waals surface area contributed by atoms with Gasteiger partial charge in [-0.2, -0.15) is 4.98 Å². The highest BCUT2D eigenvalue weighted by Gasteiger charge is 2.07. The van der Waals surface area contributed by atoms with E-state index >= 15 is 0 Å². The lowest BCUT2D eigenvalue weighted by Gasteiger charge is -1.96. The fourth-order valence-corrected chi connectivity index (χ4v) is 0.747. The van der Waals surface area contributed by atoms with Crippen molar-refractivity contribution in [2.45, 2.75) is 6.92 Å². The van der Waals surface area contributed by atoms with Gasteiger partial charge in [-0.25, -0.2) is 0 Å². The zero-order valence-corrected chi connectivity index (χ0v) is 6.38. The first kappa shape index (κ1) is 6.92. The highest BCUT2D eigenvalue weighted by Crippen LogP contribution is 2.18. The summed E-state index contributed by atoms with van der Waals surface area (Å²) in [5.74, 6) is 1.93. The summed E-state index contributed by atoms with van der Waals surface area (Å²) in [4.78, 5) is 4.04. The molecule has 0 unspecified atom stereocenters. The van der Waals surface area contributed by atoms with E-state index in [2.05, 4.69) is 4.98 Å². The summed E-state index contributed by atoms with van der Waals surface area (Å²) in [5.41, 5.74) is 5.59. The first-order chi connectivity index (χ1) is 4.66. The van der Waals surface area contributed by atoms with E-state index in [9.17, 15) is 0 Å². The van der Waals surface area contributed by atoms with Gasteiger partial charge in [0, 0.05) is 7.05 Å². The first-order valence-corrected chi connectivity index (χ1v) is 2.99. The van der Waals surface area contributed by atoms with E-state index in [0.717, 1.165) is 5.82 Å². The lowest BCUT2D eigenvalue weighted by molar-refractivity contribution is 0.401. The van der Waals surface area contributed by atoms with Crippen LogP contribution in [0.5, 0.6) is 5.88 Å². The van der Waals surface area contributed by atoms with Gasteiger partial charge in [-0.3, -0.25) is 0 Å². The number of rotatable bonds is 1. The van der Waals surface area contributed by atoms with Crippen LogP contribution in [-0.4, -0.2) is 16.7 Å². The molecular weight excluding hydrogens is 130 g/mol. The fourth-order valence-electron chi connectivity index (χ4n) is 0.747. The average Bonchev–Trinajstić information content (AvgIpc) is 2.17. The molecule has 0 spiro atoms. The van der Waals surface area contributed by atoms with E-state index in [1.165, 1.54) is 0 Å². The number of nitrogens with two attached hydrogens (primary N) is 1. The van der Waals surface area contributed by atoms with Crippen molar-refractivity contribution in [3.63, 3.8) is 0 Å². The number of imidazole rings is 1. The van der Waals surface area contributed by atoms with Gasteiger partial charge < -0.3 is 15.0 Å². The Morgan fingerprint density at radius 1 is 1.60 bits per heavy atom. The monoisotopic (exact) mass is 141 g/mol. The number of aromatic nitrogens is 2. The van der Waals surface area contributed by atoms with Gasteiger partial charge in [0.2, 0.25) is 0 Å². The van der Waals surface area contributed by atoms with E-state index < -0.39 is 0 Å². The van der Waals surface area contributed by atoms with Crippen molar-refractivity contribution in [3.8, 4) is 5.88 Å². The third-order valence-electron chi connectivity index (χ3n) is 1.52. The van der Waals surface area contributed by atoms with E-state index in [1.54, 1.807) is 11.7 Å². The molecule has 0 aliphatic rings. The van der Waals surface area contributed by atoms with Crippen molar-refractivity contribution in [2.75, 3.05) is 12.8 Å². The molecule has 0 atom stereocenters. The summed E-state index contributed by atoms with van der Waals surface area (Å²) in [6, 6.07) is 0. The zero-order valence-electron chi connectivity index (χ0n) is 6.38. The molecule has 0 aliphatic carbocycles. The largest absolute Gasteiger partial charge is 0.478 e. The lowest BCUT2D eigenvalue weighted by Crippen LogP contribution is -1.98. The summed E-state index contributed by atoms with van der Waals surface area (Å²) < 4.78 is 6.67. The van der Waals surface area contributed by atoms with Gasteiger partial charge in [0.1, 0.15) is 5.82 Å². The molecule has 0 fully saturated rings. The second kappa shape index (κ2) is 2.21. The molecule has 0 saturated heterocycles. The molecule has 1 rings (SSSR count). The van der Waals surface area contributed by atoms with Crippen molar-refractivity contribution < 1.29 is 4.74 Å². The number of hydrogen-bond donors (Lipinski definition) is 1. The molecule has 0 bridgehead atoms. The molecule has 4 heteroatoms. The topological polar surface area (TPSA) is 53.1 Å². The number of ether oxygens (including phenoxy) is 1. The quantitative estimate of drug-likeness (QED) is 0.612. The molecule has 56 valence electrons.